The Morgan fingerprint density at radius 1 is 0.552 bits per heavy atom. The zero-order valence-electron chi connectivity index (χ0n) is 18.4. The summed E-state index contributed by atoms with van der Waals surface area (Å²) in [6.07, 6.45) is 5.60. The molecule has 160 valence electrons. The molecule has 7 heteroatoms. The van der Waals surface area contributed by atoms with Gasteiger partial charge in [-0.05, 0) is 51.9 Å². The summed E-state index contributed by atoms with van der Waals surface area (Å²) in [5.41, 5.74) is 0. The van der Waals surface area contributed by atoms with Gasteiger partial charge in [-0.3, -0.25) is 0 Å². The van der Waals surface area contributed by atoms with Gasteiger partial charge >= 0.3 is 25.8 Å². The van der Waals surface area contributed by atoms with Gasteiger partial charge < -0.3 is 43.1 Å². The van der Waals surface area contributed by atoms with E-state index in [2.05, 4.69) is 83.8 Å². The first-order chi connectivity index (χ1) is 12.4. The van der Waals surface area contributed by atoms with Gasteiger partial charge in [-0.1, -0.05) is 26.2 Å². The molecule has 2 nitrogen and oxygen atoms in total. The van der Waals surface area contributed by atoms with E-state index in [-0.39, 0.29) is 59.8 Å². The minimum Gasteiger partial charge on any atom is -1.00 e. The van der Waals surface area contributed by atoms with Crippen molar-refractivity contribution in [3.05, 3.63) is 48.5 Å². The van der Waals surface area contributed by atoms with E-state index in [4.69, 9.17) is 0 Å². The molecule has 2 saturated heterocycles. The molecule has 2 heterocycles. The second-order valence-electron chi connectivity index (χ2n) is 8.85. The predicted molar refractivity (Wildman–Crippen MR) is 120 cm³/mol. The molecule has 2 aliphatic heterocycles. The Morgan fingerprint density at radius 3 is 1.03 bits per heavy atom. The molecule has 0 bridgehead atoms. The Labute approximate surface area is 220 Å². The first-order valence-electron chi connectivity index (χ1n) is 10.4. The molecule has 0 atom stereocenters. The summed E-state index contributed by atoms with van der Waals surface area (Å²) in [5, 5.41) is 3.18. The first-order valence-corrected chi connectivity index (χ1v) is 16.3. The van der Waals surface area contributed by atoms with Gasteiger partial charge in [-0.15, -0.1) is 10.4 Å². The molecule has 0 spiro atoms. The summed E-state index contributed by atoms with van der Waals surface area (Å²) in [4.78, 5) is 0. The zero-order valence-corrected chi connectivity index (χ0v) is 27.2. The van der Waals surface area contributed by atoms with E-state index < -0.39 is 16.5 Å². The molecule has 4 rings (SSSR count). The van der Waals surface area contributed by atoms with Crippen LogP contribution in [0.2, 0.25) is 26.2 Å². The number of halogens is 2. The van der Waals surface area contributed by atoms with Crippen molar-refractivity contribution in [2.75, 3.05) is 26.2 Å². The van der Waals surface area contributed by atoms with Gasteiger partial charge in [-0.25, -0.2) is 24.3 Å². The van der Waals surface area contributed by atoms with Gasteiger partial charge in [0.1, 0.15) is 0 Å². The van der Waals surface area contributed by atoms with Crippen molar-refractivity contribution in [1.82, 2.24) is 9.13 Å². The number of hydrogen-bond donors (Lipinski definition) is 0. The maximum absolute atomic E-state index is 2.72. The van der Waals surface area contributed by atoms with Crippen molar-refractivity contribution in [1.29, 1.82) is 0 Å². The molecule has 2 aromatic rings. The van der Waals surface area contributed by atoms with Gasteiger partial charge in [0.25, 0.3) is 0 Å². The molecule has 0 aliphatic carbocycles. The van der Waals surface area contributed by atoms with Crippen LogP contribution in [0.25, 0.3) is 0 Å². The normalized spacial score (nSPS) is 17.5. The molecule has 2 aliphatic rings. The summed E-state index contributed by atoms with van der Waals surface area (Å²) in [7, 11) is -2.52. The van der Waals surface area contributed by atoms with Crippen LogP contribution in [-0.2, 0) is 25.8 Å². The molecular formula is C22H36Br2HfN2Si2. The monoisotopic (exact) mass is 722 g/mol. The summed E-state index contributed by atoms with van der Waals surface area (Å²) in [5.74, 6) is 0. The third-order valence-corrected chi connectivity index (χ3v) is 14.1. The smallest absolute Gasteiger partial charge is 1.00 e. The van der Waals surface area contributed by atoms with E-state index in [1.54, 1.807) is 10.4 Å². The summed E-state index contributed by atoms with van der Waals surface area (Å²) < 4.78 is 5.45. The fourth-order valence-electron chi connectivity index (χ4n) is 4.48. The summed E-state index contributed by atoms with van der Waals surface area (Å²) in [6.45, 7) is 15.2. The van der Waals surface area contributed by atoms with Crippen molar-refractivity contribution >= 4 is 26.8 Å². The predicted octanol–water partition coefficient (Wildman–Crippen LogP) is -2.17. The molecule has 0 unspecified atom stereocenters. The fraction of sp³-hybridized carbons (Fsp3) is 0.545. The van der Waals surface area contributed by atoms with Crippen molar-refractivity contribution in [2.24, 2.45) is 0 Å². The van der Waals surface area contributed by atoms with Crippen LogP contribution < -0.4 is 44.3 Å². The average molecular weight is 723 g/mol. The van der Waals surface area contributed by atoms with E-state index in [0.29, 0.717) is 0 Å². The van der Waals surface area contributed by atoms with Gasteiger partial charge in [0.2, 0.25) is 0 Å². The standard InChI is InChI=1S/2C11H18NSi.2BrH.Hf/c2*1-13(2,11-7-3-4-8-11)12-9-5-6-10-12;;;/h2*3-4,7-8H,5-6,9-10H2,1-2H3;2*1H;/q2*-1;;;+4/p-2. The van der Waals surface area contributed by atoms with E-state index in [1.165, 1.54) is 51.9 Å². The van der Waals surface area contributed by atoms with E-state index in [1.807, 2.05) is 0 Å². The van der Waals surface area contributed by atoms with Gasteiger partial charge in [0.15, 0.2) is 0 Å². The van der Waals surface area contributed by atoms with E-state index in [0.717, 1.165) is 0 Å². The maximum atomic E-state index is 2.72. The van der Waals surface area contributed by atoms with Crippen LogP contribution in [0, 0.1) is 0 Å². The van der Waals surface area contributed by atoms with Crippen LogP contribution in [0.1, 0.15) is 25.7 Å². The van der Waals surface area contributed by atoms with Gasteiger partial charge in [-0.2, -0.15) is 24.3 Å². The summed E-state index contributed by atoms with van der Waals surface area (Å²) in [6, 6.07) is 17.9. The number of nitrogens with zero attached hydrogens (tertiary/aromatic N) is 2. The molecule has 2 fully saturated rings. The second kappa shape index (κ2) is 13.4. The van der Waals surface area contributed by atoms with Crippen molar-refractivity contribution in [3.8, 4) is 0 Å². The van der Waals surface area contributed by atoms with Crippen molar-refractivity contribution in [3.63, 3.8) is 0 Å². The SMILES string of the molecule is C[Si](C)([c-]1cccc1)N1CCCC1.C[Si](C)([c-]1cccc1)N1CCCC1.[Br-].[Br-].[Hf+4]. The second-order valence-corrected chi connectivity index (χ2v) is 17.5. The Morgan fingerprint density at radius 2 is 0.793 bits per heavy atom. The van der Waals surface area contributed by atoms with Crippen LogP contribution >= 0.6 is 0 Å². The van der Waals surface area contributed by atoms with Gasteiger partial charge in [0.05, 0.1) is 16.5 Å². The van der Waals surface area contributed by atoms with Gasteiger partial charge in [0, 0.05) is 0 Å². The first kappa shape index (κ1) is 29.9. The molecule has 0 amide bonds. The van der Waals surface area contributed by atoms with E-state index >= 15 is 0 Å². The molecule has 0 aromatic heterocycles. The quantitative estimate of drug-likeness (QED) is 0.262. The van der Waals surface area contributed by atoms with Crippen molar-refractivity contribution < 1.29 is 59.8 Å². The molecule has 0 N–H and O–H groups in total. The maximum Gasteiger partial charge on any atom is 4.00 e. The van der Waals surface area contributed by atoms with Crippen LogP contribution in [-0.4, -0.2) is 51.8 Å². The fourth-order valence-corrected chi connectivity index (χ4v) is 10.1. The Kier molecular flexibility index (Phi) is 13.8. The largest absolute Gasteiger partial charge is 4.00 e. The molecule has 29 heavy (non-hydrogen) atoms. The topological polar surface area (TPSA) is 6.48 Å². The van der Waals surface area contributed by atoms with Crippen LogP contribution in [0.5, 0.6) is 0 Å². The molecule has 2 aromatic carbocycles. The average Bonchev–Trinajstić information content (AvgIpc) is 3.47. The molecular weight excluding hydrogens is 687 g/mol. The van der Waals surface area contributed by atoms with Crippen LogP contribution in [0.15, 0.2) is 48.5 Å². The number of rotatable bonds is 4. The third kappa shape index (κ3) is 7.46. The molecule has 0 radical (unpaired) electrons. The number of hydrogen-bond acceptors (Lipinski definition) is 2. The van der Waals surface area contributed by atoms with Crippen LogP contribution in [0.4, 0.5) is 0 Å². The minimum absolute atomic E-state index is 0. The Hall–Kier alpha value is 0.884. The third-order valence-electron chi connectivity index (χ3n) is 6.53. The molecule has 0 saturated carbocycles. The van der Waals surface area contributed by atoms with E-state index in [9.17, 15) is 0 Å². The summed E-state index contributed by atoms with van der Waals surface area (Å²) >= 11 is 0. The Bertz CT molecular complexity index is 590. The Balaban J connectivity index is 0.000000490. The minimum atomic E-state index is -1.26. The van der Waals surface area contributed by atoms with Crippen LogP contribution in [0.3, 0.4) is 0 Å². The zero-order chi connectivity index (χ0) is 18.6. The van der Waals surface area contributed by atoms with Crippen molar-refractivity contribution in [2.45, 2.75) is 51.9 Å².